The van der Waals surface area contributed by atoms with Crippen LogP contribution < -0.4 is 0 Å². The number of fused-ring (bicyclic) bond motifs is 5. The minimum atomic E-state index is 0.448. The summed E-state index contributed by atoms with van der Waals surface area (Å²) in [6, 6.07) is 0.448. The molecule has 0 bridgehead atoms. The van der Waals surface area contributed by atoms with Gasteiger partial charge in [-0.3, -0.25) is 0 Å². The Morgan fingerprint density at radius 2 is 1.64 bits per heavy atom. The first-order valence-electron chi connectivity index (χ1n) is 11.9. The van der Waals surface area contributed by atoms with Gasteiger partial charge in [0.05, 0.1) is 18.4 Å². The number of nitrogens with zero attached hydrogens (tertiary/aromatic N) is 3. The van der Waals surface area contributed by atoms with Gasteiger partial charge in [-0.25, -0.2) is 0 Å². The number of rotatable bonds is 2. The van der Waals surface area contributed by atoms with Gasteiger partial charge < -0.3 is 5.11 Å². The molecule has 0 saturated heterocycles. The van der Waals surface area contributed by atoms with Crippen LogP contribution in [0.3, 0.4) is 0 Å². The molecule has 0 amide bonds. The monoisotopic (exact) mass is 387 g/mol. The number of aromatic nitrogens is 3. The maximum absolute atomic E-state index is 7.00. The molecule has 5 rings (SSSR count). The van der Waals surface area contributed by atoms with Gasteiger partial charge in [-0.2, -0.15) is 15.0 Å². The standard InChI is InChI=1S/C23H37N3.CH4O/c1-15-4-6-18-17(14-15)5-7-20-19(18)10-11-23(3)21(8-9-22(20)23)16(2)26-24-12-13-25-26;1-2/h12-13,15-22H,4-11,14H2,1-3H3;2H,1H3. The molecular weight excluding hydrogens is 346 g/mol. The fourth-order valence-corrected chi connectivity index (χ4v) is 8.52. The highest BCUT2D eigenvalue weighted by atomic mass is 16.2. The zero-order valence-electron chi connectivity index (χ0n) is 18.4. The van der Waals surface area contributed by atoms with Crippen molar-refractivity contribution < 1.29 is 5.11 Å². The lowest BCUT2D eigenvalue weighted by molar-refractivity contribution is -0.0730. The van der Waals surface area contributed by atoms with Gasteiger partial charge >= 0.3 is 0 Å². The van der Waals surface area contributed by atoms with Crippen LogP contribution in [0.25, 0.3) is 0 Å². The van der Waals surface area contributed by atoms with E-state index >= 15 is 0 Å². The molecule has 4 aliphatic rings. The quantitative estimate of drug-likeness (QED) is 0.744. The summed E-state index contributed by atoms with van der Waals surface area (Å²) in [4.78, 5) is 1.99. The van der Waals surface area contributed by atoms with Crippen LogP contribution in [0.1, 0.15) is 84.6 Å². The topological polar surface area (TPSA) is 50.9 Å². The van der Waals surface area contributed by atoms with Gasteiger partial charge in [-0.15, -0.1) is 0 Å². The van der Waals surface area contributed by atoms with Gasteiger partial charge in [0.2, 0.25) is 0 Å². The highest BCUT2D eigenvalue weighted by Crippen LogP contribution is 2.65. The molecule has 4 fully saturated rings. The Balaban J connectivity index is 0.000000932. The molecule has 9 atom stereocenters. The second-order valence-corrected chi connectivity index (χ2v) is 10.7. The largest absolute Gasteiger partial charge is 0.400 e. The summed E-state index contributed by atoms with van der Waals surface area (Å²) in [6.45, 7) is 7.50. The molecule has 4 aliphatic carbocycles. The number of aliphatic hydroxyl groups is 1. The average Bonchev–Trinajstić information content (AvgIpc) is 3.36. The van der Waals surface area contributed by atoms with E-state index in [0.717, 1.165) is 48.5 Å². The Bertz CT molecular complexity index is 632. The third-order valence-electron chi connectivity index (χ3n) is 9.67. The fourth-order valence-electron chi connectivity index (χ4n) is 8.52. The zero-order chi connectivity index (χ0) is 19.9. The molecule has 9 unspecified atom stereocenters. The van der Waals surface area contributed by atoms with Gasteiger partial charge in [0.1, 0.15) is 0 Å². The van der Waals surface area contributed by atoms with E-state index in [1.54, 1.807) is 0 Å². The lowest BCUT2D eigenvalue weighted by Gasteiger charge is -2.56. The van der Waals surface area contributed by atoms with E-state index in [0.29, 0.717) is 11.5 Å². The lowest BCUT2D eigenvalue weighted by Crippen LogP contribution is -2.49. The molecule has 4 heteroatoms. The molecule has 0 aliphatic heterocycles. The van der Waals surface area contributed by atoms with E-state index in [1.807, 2.05) is 17.2 Å². The van der Waals surface area contributed by atoms with E-state index in [4.69, 9.17) is 5.11 Å². The van der Waals surface area contributed by atoms with Crippen LogP contribution in [0.15, 0.2) is 12.4 Å². The van der Waals surface area contributed by atoms with Gasteiger partial charge in [0, 0.05) is 7.11 Å². The summed E-state index contributed by atoms with van der Waals surface area (Å²) in [6.07, 6.45) is 17.1. The summed E-state index contributed by atoms with van der Waals surface area (Å²) < 4.78 is 0. The normalized spacial score (nSPS) is 45.8. The predicted octanol–water partition coefficient (Wildman–Crippen LogP) is 5.35. The molecule has 4 nitrogen and oxygen atoms in total. The summed E-state index contributed by atoms with van der Waals surface area (Å²) in [5.74, 6) is 6.91. The first-order valence-corrected chi connectivity index (χ1v) is 11.9. The van der Waals surface area contributed by atoms with Crippen molar-refractivity contribution in [3.63, 3.8) is 0 Å². The smallest absolute Gasteiger partial charge is 0.0721 e. The minimum Gasteiger partial charge on any atom is -0.400 e. The third kappa shape index (κ3) is 3.24. The van der Waals surface area contributed by atoms with Crippen molar-refractivity contribution in [1.82, 2.24) is 15.0 Å². The average molecular weight is 388 g/mol. The van der Waals surface area contributed by atoms with Gasteiger partial charge in [-0.1, -0.05) is 20.3 Å². The number of hydrogen-bond acceptors (Lipinski definition) is 3. The molecule has 1 aromatic rings. The van der Waals surface area contributed by atoms with Crippen molar-refractivity contribution in [2.75, 3.05) is 7.11 Å². The first-order chi connectivity index (χ1) is 13.6. The molecular formula is C24H41N3O. The Labute approximate surface area is 171 Å². The maximum atomic E-state index is 7.00. The highest BCUT2D eigenvalue weighted by molar-refractivity contribution is 5.07. The van der Waals surface area contributed by atoms with Crippen LogP contribution >= 0.6 is 0 Å². The predicted molar refractivity (Wildman–Crippen MR) is 113 cm³/mol. The van der Waals surface area contributed by atoms with E-state index in [-0.39, 0.29) is 0 Å². The van der Waals surface area contributed by atoms with E-state index in [2.05, 4.69) is 31.0 Å². The molecule has 0 aromatic carbocycles. The Morgan fingerprint density at radius 3 is 2.39 bits per heavy atom. The van der Waals surface area contributed by atoms with Crippen molar-refractivity contribution in [2.24, 2.45) is 46.8 Å². The van der Waals surface area contributed by atoms with Crippen molar-refractivity contribution >= 4 is 0 Å². The van der Waals surface area contributed by atoms with Crippen LogP contribution in [0.2, 0.25) is 0 Å². The SMILES string of the molecule is CC1CCC2C(CCC3C2CCC2(C)C3CCC2C(C)n2nccn2)C1.CO. The molecule has 28 heavy (non-hydrogen) atoms. The van der Waals surface area contributed by atoms with Crippen LogP contribution in [0, 0.1) is 46.8 Å². The van der Waals surface area contributed by atoms with Crippen molar-refractivity contribution in [2.45, 2.75) is 84.6 Å². The fraction of sp³-hybridized carbons (Fsp3) is 0.917. The molecule has 158 valence electrons. The van der Waals surface area contributed by atoms with Crippen LogP contribution in [-0.2, 0) is 0 Å². The van der Waals surface area contributed by atoms with E-state index in [9.17, 15) is 0 Å². The van der Waals surface area contributed by atoms with Crippen molar-refractivity contribution in [1.29, 1.82) is 0 Å². The van der Waals surface area contributed by atoms with Crippen LogP contribution in [0.4, 0.5) is 0 Å². The summed E-state index contributed by atoms with van der Waals surface area (Å²) >= 11 is 0. The lowest BCUT2D eigenvalue weighted by atomic mass is 9.49. The molecule has 4 saturated carbocycles. The van der Waals surface area contributed by atoms with Gasteiger partial charge in [0.25, 0.3) is 0 Å². The second-order valence-electron chi connectivity index (χ2n) is 10.7. The Hall–Kier alpha value is -0.900. The van der Waals surface area contributed by atoms with E-state index in [1.165, 1.54) is 57.8 Å². The third-order valence-corrected chi connectivity index (χ3v) is 9.67. The molecule has 1 N–H and O–H groups in total. The van der Waals surface area contributed by atoms with Crippen molar-refractivity contribution in [3.05, 3.63) is 12.4 Å². The minimum absolute atomic E-state index is 0.448. The Kier molecular flexibility index (Phi) is 5.88. The second kappa shape index (κ2) is 8.08. The van der Waals surface area contributed by atoms with Crippen LogP contribution in [-0.4, -0.2) is 27.2 Å². The highest BCUT2D eigenvalue weighted by Gasteiger charge is 2.58. The molecule has 1 aromatic heterocycles. The van der Waals surface area contributed by atoms with Crippen molar-refractivity contribution in [3.8, 4) is 0 Å². The first kappa shape index (κ1) is 20.4. The maximum Gasteiger partial charge on any atom is 0.0721 e. The Morgan fingerprint density at radius 1 is 0.929 bits per heavy atom. The van der Waals surface area contributed by atoms with E-state index < -0.39 is 0 Å². The number of hydrogen-bond donors (Lipinski definition) is 1. The zero-order valence-corrected chi connectivity index (χ0v) is 18.4. The van der Waals surface area contributed by atoms with Gasteiger partial charge in [0.15, 0.2) is 0 Å². The number of aliphatic hydroxyl groups excluding tert-OH is 1. The van der Waals surface area contributed by atoms with Gasteiger partial charge in [-0.05, 0) is 105 Å². The molecule has 0 radical (unpaired) electrons. The summed E-state index contributed by atoms with van der Waals surface area (Å²) in [5, 5.41) is 16.0. The molecule has 1 heterocycles. The van der Waals surface area contributed by atoms with Crippen LogP contribution in [0.5, 0.6) is 0 Å². The summed E-state index contributed by atoms with van der Waals surface area (Å²) in [5.41, 5.74) is 0.517. The summed E-state index contributed by atoms with van der Waals surface area (Å²) in [7, 11) is 1.00. The molecule has 0 spiro atoms.